The number of furan rings is 1. The normalized spacial score (nSPS) is 13.6. The average molecular weight is 426 g/mol. The molecule has 2 aromatic rings. The van der Waals surface area contributed by atoms with Crippen molar-refractivity contribution < 1.29 is 23.5 Å². The van der Waals surface area contributed by atoms with Crippen LogP contribution in [0, 0.1) is 0 Å². The molecule has 0 aliphatic carbocycles. The highest BCUT2D eigenvalue weighted by atomic mass is 16.5. The zero-order chi connectivity index (χ0) is 22.2. The predicted molar refractivity (Wildman–Crippen MR) is 113 cm³/mol. The molecule has 31 heavy (non-hydrogen) atoms. The molecule has 0 spiro atoms. The Morgan fingerprint density at radius 3 is 2.58 bits per heavy atom. The van der Waals surface area contributed by atoms with E-state index in [1.165, 1.54) is 0 Å². The van der Waals surface area contributed by atoms with Gasteiger partial charge in [-0.3, -0.25) is 9.69 Å². The molecule has 1 aliphatic heterocycles. The summed E-state index contributed by atoms with van der Waals surface area (Å²) in [4.78, 5) is 38.1. The van der Waals surface area contributed by atoms with Crippen LogP contribution < -0.4 is 16.0 Å². The van der Waals surface area contributed by atoms with Crippen LogP contribution in [0.5, 0.6) is 0 Å². The van der Waals surface area contributed by atoms with E-state index < -0.39 is 5.97 Å². The maximum absolute atomic E-state index is 12.4. The van der Waals surface area contributed by atoms with E-state index in [2.05, 4.69) is 16.0 Å². The van der Waals surface area contributed by atoms with E-state index in [1.54, 1.807) is 38.4 Å². The SMILES string of the molecule is CCOC(=O)C1=C(CN(Cc2ccc(C(=O)NC)cc2)Cc2ccco2)NC(=O)NC1. The molecular formula is C22H26N4O5. The average Bonchev–Trinajstić information content (AvgIpc) is 3.27. The van der Waals surface area contributed by atoms with Crippen molar-refractivity contribution in [3.05, 3.63) is 70.8 Å². The van der Waals surface area contributed by atoms with Crippen molar-refractivity contribution >= 4 is 17.9 Å². The molecule has 0 atom stereocenters. The summed E-state index contributed by atoms with van der Waals surface area (Å²) >= 11 is 0. The van der Waals surface area contributed by atoms with Gasteiger partial charge in [-0.15, -0.1) is 0 Å². The third kappa shape index (κ3) is 5.95. The Hall–Kier alpha value is -3.59. The molecule has 9 nitrogen and oxygen atoms in total. The molecule has 1 aromatic carbocycles. The Bertz CT molecular complexity index is 951. The number of benzene rings is 1. The molecule has 0 radical (unpaired) electrons. The topological polar surface area (TPSA) is 113 Å². The predicted octanol–water partition coefficient (Wildman–Crippen LogP) is 1.77. The number of urea groups is 1. The lowest BCUT2D eigenvalue weighted by Gasteiger charge is -2.27. The van der Waals surface area contributed by atoms with Gasteiger partial charge < -0.3 is 25.1 Å². The van der Waals surface area contributed by atoms with E-state index >= 15 is 0 Å². The van der Waals surface area contributed by atoms with Crippen molar-refractivity contribution in [2.75, 3.05) is 26.7 Å². The van der Waals surface area contributed by atoms with Crippen molar-refractivity contribution in [2.24, 2.45) is 0 Å². The van der Waals surface area contributed by atoms with E-state index in [1.807, 2.05) is 23.1 Å². The monoisotopic (exact) mass is 426 g/mol. The van der Waals surface area contributed by atoms with Crippen LogP contribution in [0.25, 0.3) is 0 Å². The number of hydrogen-bond donors (Lipinski definition) is 3. The lowest BCUT2D eigenvalue weighted by molar-refractivity contribution is -0.138. The number of carbonyl (C=O) groups excluding carboxylic acids is 3. The molecule has 3 rings (SSSR count). The molecule has 0 saturated carbocycles. The molecule has 0 fully saturated rings. The first-order valence-corrected chi connectivity index (χ1v) is 10.00. The summed E-state index contributed by atoms with van der Waals surface area (Å²) < 4.78 is 10.6. The van der Waals surface area contributed by atoms with Crippen molar-refractivity contribution in [1.82, 2.24) is 20.9 Å². The first kappa shape index (κ1) is 22.1. The quantitative estimate of drug-likeness (QED) is 0.527. The highest BCUT2D eigenvalue weighted by Crippen LogP contribution is 2.16. The minimum Gasteiger partial charge on any atom is -0.468 e. The second-order valence-electron chi connectivity index (χ2n) is 6.99. The first-order chi connectivity index (χ1) is 15.0. The second kappa shape index (κ2) is 10.4. The van der Waals surface area contributed by atoms with Gasteiger partial charge in [0.1, 0.15) is 5.76 Å². The second-order valence-corrected chi connectivity index (χ2v) is 6.99. The third-order valence-electron chi connectivity index (χ3n) is 4.77. The number of carbonyl (C=O) groups is 3. The zero-order valence-electron chi connectivity index (χ0n) is 17.6. The van der Waals surface area contributed by atoms with Crippen LogP contribution in [0.1, 0.15) is 28.6 Å². The van der Waals surface area contributed by atoms with Gasteiger partial charge in [0, 0.05) is 31.4 Å². The highest BCUT2D eigenvalue weighted by Gasteiger charge is 2.25. The molecule has 0 bridgehead atoms. The fourth-order valence-corrected chi connectivity index (χ4v) is 3.26. The lowest BCUT2D eigenvalue weighted by Crippen LogP contribution is -2.46. The van der Waals surface area contributed by atoms with Gasteiger partial charge in [0.05, 0.1) is 31.5 Å². The molecule has 1 aliphatic rings. The van der Waals surface area contributed by atoms with Crippen molar-refractivity contribution in [3.63, 3.8) is 0 Å². The number of nitrogens with zero attached hydrogens (tertiary/aromatic N) is 1. The van der Waals surface area contributed by atoms with Gasteiger partial charge in [-0.2, -0.15) is 0 Å². The van der Waals surface area contributed by atoms with Gasteiger partial charge in [-0.1, -0.05) is 12.1 Å². The molecule has 3 N–H and O–H groups in total. The summed E-state index contributed by atoms with van der Waals surface area (Å²) in [7, 11) is 1.59. The van der Waals surface area contributed by atoms with E-state index in [0.717, 1.165) is 11.3 Å². The molecular weight excluding hydrogens is 400 g/mol. The van der Waals surface area contributed by atoms with Crippen LogP contribution in [0.4, 0.5) is 4.79 Å². The third-order valence-corrected chi connectivity index (χ3v) is 4.77. The van der Waals surface area contributed by atoms with Gasteiger partial charge in [0.2, 0.25) is 0 Å². The highest BCUT2D eigenvalue weighted by molar-refractivity contribution is 5.94. The standard InChI is InChI=1S/C22H26N4O5/c1-3-30-21(28)18-11-24-22(29)25-19(18)14-26(13-17-5-4-10-31-17)12-15-6-8-16(9-7-15)20(27)23-2/h4-10H,3,11-14H2,1-2H3,(H,23,27)(H2,24,25,29). The molecule has 164 valence electrons. The van der Waals surface area contributed by atoms with Crippen molar-refractivity contribution in [1.29, 1.82) is 0 Å². The Morgan fingerprint density at radius 2 is 1.94 bits per heavy atom. The lowest BCUT2D eigenvalue weighted by atomic mass is 10.1. The molecule has 2 heterocycles. The van der Waals surface area contributed by atoms with Crippen LogP contribution in [-0.2, 0) is 22.6 Å². The van der Waals surface area contributed by atoms with Crippen LogP contribution in [-0.4, -0.2) is 49.6 Å². The number of nitrogens with one attached hydrogen (secondary N) is 3. The number of ether oxygens (including phenoxy) is 1. The Balaban J connectivity index is 1.83. The van der Waals surface area contributed by atoms with Crippen LogP contribution in [0.2, 0.25) is 0 Å². The molecule has 9 heteroatoms. The molecule has 0 saturated heterocycles. The van der Waals surface area contributed by atoms with Gasteiger partial charge >= 0.3 is 12.0 Å². The smallest absolute Gasteiger partial charge is 0.337 e. The summed E-state index contributed by atoms with van der Waals surface area (Å²) in [6.07, 6.45) is 1.60. The van der Waals surface area contributed by atoms with Crippen molar-refractivity contribution in [3.8, 4) is 0 Å². The summed E-state index contributed by atoms with van der Waals surface area (Å²) in [5.74, 6) is 0.138. The maximum Gasteiger partial charge on any atom is 0.337 e. The number of rotatable bonds is 9. The zero-order valence-corrected chi connectivity index (χ0v) is 17.6. The summed E-state index contributed by atoms with van der Waals surface area (Å²) in [6.45, 7) is 3.37. The number of hydrogen-bond acceptors (Lipinski definition) is 6. The first-order valence-electron chi connectivity index (χ1n) is 10.00. The van der Waals surface area contributed by atoms with Gasteiger partial charge in [0.15, 0.2) is 0 Å². The van der Waals surface area contributed by atoms with Crippen molar-refractivity contribution in [2.45, 2.75) is 20.0 Å². The van der Waals surface area contributed by atoms with E-state index in [9.17, 15) is 14.4 Å². The minimum atomic E-state index is -0.460. The number of esters is 1. The molecule has 1 aromatic heterocycles. The Morgan fingerprint density at radius 1 is 1.16 bits per heavy atom. The minimum absolute atomic E-state index is 0.107. The summed E-state index contributed by atoms with van der Waals surface area (Å²) in [5, 5.41) is 7.94. The summed E-state index contributed by atoms with van der Waals surface area (Å²) in [6, 6.07) is 10.6. The number of amides is 3. The molecule has 0 unspecified atom stereocenters. The molecule has 3 amide bonds. The van der Waals surface area contributed by atoms with Gasteiger partial charge in [0.25, 0.3) is 5.91 Å². The fourth-order valence-electron chi connectivity index (χ4n) is 3.26. The fraction of sp³-hybridized carbons (Fsp3) is 0.318. The largest absolute Gasteiger partial charge is 0.468 e. The maximum atomic E-state index is 12.4. The van der Waals surface area contributed by atoms with Crippen LogP contribution in [0.3, 0.4) is 0 Å². The van der Waals surface area contributed by atoms with E-state index in [-0.39, 0.29) is 25.1 Å². The summed E-state index contributed by atoms with van der Waals surface area (Å²) in [5.41, 5.74) is 2.43. The Labute approximate surface area is 180 Å². The van der Waals surface area contributed by atoms with E-state index in [4.69, 9.17) is 9.15 Å². The Kier molecular flexibility index (Phi) is 7.45. The van der Waals surface area contributed by atoms with Crippen LogP contribution >= 0.6 is 0 Å². The van der Waals surface area contributed by atoms with Gasteiger partial charge in [-0.05, 0) is 36.8 Å². The van der Waals surface area contributed by atoms with E-state index in [0.29, 0.717) is 36.5 Å². The van der Waals surface area contributed by atoms with Gasteiger partial charge in [-0.25, -0.2) is 9.59 Å². The van der Waals surface area contributed by atoms with Crippen LogP contribution in [0.15, 0.2) is 58.3 Å².